The molecule has 2 fully saturated rings. The maximum absolute atomic E-state index is 14.7. The summed E-state index contributed by atoms with van der Waals surface area (Å²) in [7, 11) is 1.69. The van der Waals surface area contributed by atoms with Crippen LogP contribution in [0.4, 0.5) is 0 Å². The van der Waals surface area contributed by atoms with Crippen molar-refractivity contribution in [1.29, 1.82) is 0 Å². The molecule has 0 radical (unpaired) electrons. The zero-order valence-corrected chi connectivity index (χ0v) is 70.8. The van der Waals surface area contributed by atoms with E-state index in [0.717, 1.165) is 88.2 Å². The van der Waals surface area contributed by atoms with Gasteiger partial charge in [0.25, 0.3) is 23.6 Å². The SMILES string of the molecule is CC(C)(C)CC[C@H](c1ccc(C(=O)NCCC(=O)OC(C)(C)C)cc1)N1C(=O)C(c2cc(Cl)cc(Cl)c2)=NC12CCC(C(C)(C)C)CC2.CI.CN(CCC(=O)OC(C)(C)C)C(=O)c1ccc([C@@H](CCC(C)(C)C)N2C(=O)C(c3cc(Cl)cc(Cl)c3)=NC23CCC(C(C)(C)C)CC3)cc1.[H-].[Na+]. The topological polar surface area (TPSA) is 167 Å². The smallest absolute Gasteiger partial charge is 1.00 e. The number of nitrogens with one attached hydrogen (secondary N) is 1. The van der Waals surface area contributed by atoms with Gasteiger partial charge in [-0.05, 0) is 229 Å². The molecule has 4 amide bonds. The van der Waals surface area contributed by atoms with Crippen molar-refractivity contribution < 1.29 is 69.2 Å². The minimum absolute atomic E-state index is 0. The van der Waals surface area contributed by atoms with Crippen molar-refractivity contribution in [2.75, 3.05) is 25.1 Å². The van der Waals surface area contributed by atoms with E-state index in [9.17, 15) is 28.8 Å². The van der Waals surface area contributed by atoms with Gasteiger partial charge in [-0.15, -0.1) is 0 Å². The molecular weight excluding hydrogens is 1460 g/mol. The van der Waals surface area contributed by atoms with Gasteiger partial charge in [0, 0.05) is 62.5 Å². The molecule has 2 aliphatic heterocycles. The minimum Gasteiger partial charge on any atom is -1.00 e. The number of amides is 4. The molecule has 0 aromatic heterocycles. The van der Waals surface area contributed by atoms with Crippen LogP contribution in [0.3, 0.4) is 0 Å². The summed E-state index contributed by atoms with van der Waals surface area (Å²) in [5.41, 5.74) is 2.84. The largest absolute Gasteiger partial charge is 1.00 e. The van der Waals surface area contributed by atoms with E-state index in [-0.39, 0.29) is 126 Å². The molecule has 4 aromatic carbocycles. The van der Waals surface area contributed by atoms with Crippen LogP contribution < -0.4 is 34.9 Å². The molecule has 2 spiro atoms. The summed E-state index contributed by atoms with van der Waals surface area (Å²) in [5.74, 6) is -0.331. The standard InChI is InChI=1S/C40H55Cl2N3O4.C39H53Cl2N3O4.CH3I.Na.H/c1-37(2,3)19-17-32(26-11-13-27(14-12-26)35(47)44(10)22-18-33(46)49-39(7,8)9)45-36(48)34(28-23-30(41)25-31(42)24-28)43-40(45)20-15-29(16-21-40)38(4,5)6;1-36(2,3)18-16-31(25-10-12-26(13-11-25)34(46)42-21-17-32(45)48-38(7,8)9)44-35(47)33(27-22-29(40)24-30(41)23-27)43-39(44)19-14-28(15-20-39)37(4,5)6;1-2;;/h11-14,23-25,29,32H,15-22H2,1-10H3;10-13,22-24,28,31H,14-21H2,1-9H3,(H,42,46);1H3;;/q;;;+1;-1/t29?,32-,40?;28?,31-,39?;;;/m11.../s1. The van der Waals surface area contributed by atoms with Crippen molar-refractivity contribution in [3.05, 3.63) is 138 Å². The van der Waals surface area contributed by atoms with Crippen LogP contribution in [0, 0.1) is 33.5 Å². The maximum Gasteiger partial charge on any atom is 1.00 e. The van der Waals surface area contributed by atoms with E-state index < -0.39 is 22.5 Å². The molecule has 2 saturated carbocycles. The number of aliphatic imine (C=N–C) groups is 2. The first kappa shape index (κ1) is 86.6. The third kappa shape index (κ3) is 24.2. The maximum atomic E-state index is 14.7. The number of ether oxygens (including phenoxy) is 2. The third-order valence-electron chi connectivity index (χ3n) is 19.2. The molecule has 546 valence electrons. The Morgan fingerprint density at radius 2 is 0.880 bits per heavy atom. The summed E-state index contributed by atoms with van der Waals surface area (Å²) >= 11 is 27.8. The monoisotopic (exact) mass is 1570 g/mol. The predicted octanol–water partition coefficient (Wildman–Crippen LogP) is 17.7. The Balaban J connectivity index is 0.000000410. The summed E-state index contributed by atoms with van der Waals surface area (Å²) < 4.78 is 10.7. The summed E-state index contributed by atoms with van der Waals surface area (Å²) in [4.78, 5) is 98.3. The van der Waals surface area contributed by atoms with E-state index >= 15 is 0 Å². The van der Waals surface area contributed by atoms with Crippen molar-refractivity contribution >= 4 is 116 Å². The molecule has 100 heavy (non-hydrogen) atoms. The molecule has 2 atom stereocenters. The van der Waals surface area contributed by atoms with Gasteiger partial charge in [-0.2, -0.15) is 0 Å². The number of alkyl halides is 1. The van der Waals surface area contributed by atoms with Gasteiger partial charge < -0.3 is 30.9 Å². The van der Waals surface area contributed by atoms with Gasteiger partial charge in [-0.1, -0.05) is 176 Å². The fourth-order valence-corrected chi connectivity index (χ4v) is 15.0. The molecule has 1 N–H and O–H groups in total. The number of hydrogen-bond acceptors (Lipinski definition) is 10. The second kappa shape index (κ2) is 35.3. The van der Waals surface area contributed by atoms with Crippen LogP contribution in [-0.2, 0) is 28.7 Å². The van der Waals surface area contributed by atoms with Gasteiger partial charge in [0.1, 0.15) is 34.0 Å². The quantitative estimate of drug-likeness (QED) is 0.0445. The second-order valence-corrected chi connectivity index (χ2v) is 35.7. The fourth-order valence-electron chi connectivity index (χ4n) is 13.9. The van der Waals surface area contributed by atoms with E-state index in [1.54, 1.807) is 60.5 Å². The number of nitrogens with zero attached hydrogens (tertiary/aromatic N) is 5. The van der Waals surface area contributed by atoms with E-state index in [0.29, 0.717) is 65.6 Å². The molecule has 4 aromatic rings. The van der Waals surface area contributed by atoms with E-state index in [4.69, 9.17) is 65.9 Å². The molecule has 0 unspecified atom stereocenters. The van der Waals surface area contributed by atoms with Gasteiger partial charge in [-0.25, -0.2) is 0 Å². The van der Waals surface area contributed by atoms with E-state index in [1.807, 2.05) is 92.7 Å². The minimum atomic E-state index is -0.693. The van der Waals surface area contributed by atoms with Crippen LogP contribution in [-0.4, -0.2) is 109 Å². The van der Waals surface area contributed by atoms with Gasteiger partial charge in [0.05, 0.1) is 24.9 Å². The summed E-state index contributed by atoms with van der Waals surface area (Å²) in [6, 6.07) is 25.0. The number of rotatable bonds is 18. The zero-order valence-electron chi connectivity index (χ0n) is 64.6. The molecule has 4 aliphatic rings. The average Bonchev–Trinajstić information content (AvgIpc) is 1.60. The Hall–Kier alpha value is -4.07. The van der Waals surface area contributed by atoms with Crippen LogP contribution in [0.2, 0.25) is 20.1 Å². The van der Waals surface area contributed by atoms with Crippen molar-refractivity contribution in [1.82, 2.24) is 20.0 Å². The van der Waals surface area contributed by atoms with Gasteiger partial charge >= 0.3 is 41.5 Å². The van der Waals surface area contributed by atoms with Crippen LogP contribution in [0.15, 0.2) is 94.9 Å². The second-order valence-electron chi connectivity index (χ2n) is 34.0. The van der Waals surface area contributed by atoms with Crippen molar-refractivity contribution in [2.24, 2.45) is 43.5 Å². The fraction of sp³-hybridized carbons (Fsp3) is 0.600. The number of carbonyl (C=O) groups is 6. The molecule has 0 bridgehead atoms. The van der Waals surface area contributed by atoms with Gasteiger partial charge in [0.15, 0.2) is 0 Å². The first-order valence-electron chi connectivity index (χ1n) is 35.1. The number of esters is 2. The summed E-state index contributed by atoms with van der Waals surface area (Å²) in [6.07, 6.45) is 10.4. The Kier molecular flexibility index (Phi) is 30.6. The van der Waals surface area contributed by atoms with Crippen LogP contribution in [0.5, 0.6) is 0 Å². The molecule has 2 heterocycles. The molecule has 14 nitrogen and oxygen atoms in total. The first-order valence-corrected chi connectivity index (χ1v) is 38.8. The van der Waals surface area contributed by atoms with Crippen LogP contribution in [0.25, 0.3) is 0 Å². The van der Waals surface area contributed by atoms with E-state index in [1.165, 1.54) is 0 Å². The molecule has 2 aliphatic carbocycles. The van der Waals surface area contributed by atoms with Crippen molar-refractivity contribution in [3.8, 4) is 0 Å². The zero-order chi connectivity index (χ0) is 74.2. The predicted molar refractivity (Wildman–Crippen MR) is 415 cm³/mol. The molecule has 20 heteroatoms. The number of carbonyl (C=O) groups excluding carboxylic acids is 6. The Labute approximate surface area is 655 Å². The number of benzene rings is 4. The first-order chi connectivity index (χ1) is 45.8. The Bertz CT molecular complexity index is 3530. The van der Waals surface area contributed by atoms with E-state index in [2.05, 4.69) is 111 Å². The normalized spacial score (nSPS) is 20.2. The Morgan fingerprint density at radius 3 is 1.20 bits per heavy atom. The molecule has 0 saturated heterocycles. The number of halogens is 5. The third-order valence-corrected chi connectivity index (χ3v) is 20.1. The summed E-state index contributed by atoms with van der Waals surface area (Å²) in [6.45, 7) is 38.3. The van der Waals surface area contributed by atoms with Crippen molar-refractivity contribution in [3.63, 3.8) is 0 Å². The Morgan fingerprint density at radius 1 is 0.550 bits per heavy atom. The van der Waals surface area contributed by atoms with Gasteiger partial charge in [-0.3, -0.25) is 38.8 Å². The molecular formula is C80H112Cl4IN6NaO8. The van der Waals surface area contributed by atoms with Crippen molar-refractivity contribution in [2.45, 2.75) is 249 Å². The van der Waals surface area contributed by atoms with Crippen LogP contribution in [0.1, 0.15) is 271 Å². The summed E-state index contributed by atoms with van der Waals surface area (Å²) in [5, 5.41) is 4.66. The van der Waals surface area contributed by atoms with Crippen LogP contribution >= 0.6 is 69.0 Å². The average molecular weight is 1580 g/mol. The number of hydrogen-bond donors (Lipinski definition) is 1. The molecule has 8 rings (SSSR count). The van der Waals surface area contributed by atoms with Gasteiger partial charge in [0.2, 0.25) is 0 Å².